The van der Waals surface area contributed by atoms with E-state index in [2.05, 4.69) is 15.9 Å². The molecule has 2 aromatic rings. The highest BCUT2D eigenvalue weighted by Crippen LogP contribution is 2.49. The molecule has 0 aromatic heterocycles. The molecule has 0 radical (unpaired) electrons. The lowest BCUT2D eigenvalue weighted by Gasteiger charge is -2.20. The maximum atomic E-state index is 13.1. The minimum atomic E-state index is -3.34. The number of benzene rings is 2. The Hall–Kier alpha value is -1.65. The van der Waals surface area contributed by atoms with Crippen molar-refractivity contribution in [3.8, 4) is 23.0 Å². The Bertz CT molecular complexity index is 619. The van der Waals surface area contributed by atoms with Gasteiger partial charge in [-0.2, -0.15) is 0 Å². The highest BCUT2D eigenvalue weighted by atomic mass is 79.9. The molecule has 0 N–H and O–H groups in total. The summed E-state index contributed by atoms with van der Waals surface area (Å²) in [5.74, 6) is 2.35. The highest BCUT2D eigenvalue weighted by Gasteiger charge is 2.27. The van der Waals surface area contributed by atoms with E-state index in [0.29, 0.717) is 35.6 Å². The van der Waals surface area contributed by atoms with Gasteiger partial charge in [0, 0.05) is 5.33 Å². The van der Waals surface area contributed by atoms with Crippen LogP contribution in [-0.4, -0.2) is 25.7 Å². The van der Waals surface area contributed by atoms with Gasteiger partial charge in [-0.3, -0.25) is 0 Å². The Kier molecular flexibility index (Phi) is 7.00. The number of ether oxygens (including phenoxy) is 2. The zero-order valence-corrected chi connectivity index (χ0v) is 16.1. The number of alkyl halides is 1. The third-order valence-electron chi connectivity index (χ3n) is 3.17. The van der Waals surface area contributed by atoms with Crippen molar-refractivity contribution in [3.05, 3.63) is 48.5 Å². The quantitative estimate of drug-likeness (QED) is 0.420. The summed E-state index contributed by atoms with van der Waals surface area (Å²) in [6.45, 7) is 0. The van der Waals surface area contributed by atoms with Crippen molar-refractivity contribution in [3.63, 3.8) is 0 Å². The van der Waals surface area contributed by atoms with Crippen molar-refractivity contribution in [1.82, 2.24) is 0 Å². The van der Waals surface area contributed by atoms with Crippen LogP contribution in [0.3, 0.4) is 0 Å². The normalized spacial score (nSPS) is 11.0. The first-order valence-electron chi connectivity index (χ1n) is 7.41. The lowest BCUT2D eigenvalue weighted by molar-refractivity contribution is 0.382. The van der Waals surface area contributed by atoms with Gasteiger partial charge in [-0.25, -0.2) is 4.57 Å². The van der Waals surface area contributed by atoms with Gasteiger partial charge in [-0.1, -0.05) is 15.9 Å². The Balaban J connectivity index is 2.15. The van der Waals surface area contributed by atoms with Gasteiger partial charge in [-0.15, -0.1) is 0 Å². The molecular formula is C17H20BrO5P. The van der Waals surface area contributed by atoms with Crippen LogP contribution < -0.4 is 18.5 Å². The molecule has 2 rings (SSSR count). The Labute approximate surface area is 150 Å². The van der Waals surface area contributed by atoms with Crippen molar-refractivity contribution >= 4 is 23.5 Å². The summed E-state index contributed by atoms with van der Waals surface area (Å²) in [7, 11) is -0.165. The standard InChI is InChI=1S/C17H20BrO5P/c1-20-14-4-8-16(9-5-14)22-24(19,13-3-12-18)23-17-10-6-15(21-2)7-11-17/h4-11H,3,12-13H2,1-2H3. The van der Waals surface area contributed by atoms with Gasteiger partial charge in [0.15, 0.2) is 0 Å². The fourth-order valence-electron chi connectivity index (χ4n) is 1.96. The topological polar surface area (TPSA) is 54.0 Å². The predicted octanol–water partition coefficient (Wildman–Crippen LogP) is 5.14. The van der Waals surface area contributed by atoms with E-state index in [4.69, 9.17) is 18.5 Å². The highest BCUT2D eigenvalue weighted by molar-refractivity contribution is 9.09. The van der Waals surface area contributed by atoms with Crippen LogP contribution in [0.2, 0.25) is 0 Å². The molecule has 0 saturated heterocycles. The molecule has 0 amide bonds. The van der Waals surface area contributed by atoms with Crippen LogP contribution in [0.5, 0.6) is 23.0 Å². The zero-order valence-electron chi connectivity index (χ0n) is 13.6. The average Bonchev–Trinajstić information content (AvgIpc) is 2.61. The third kappa shape index (κ3) is 5.46. The Morgan fingerprint density at radius 3 is 1.50 bits per heavy atom. The molecule has 2 aromatic carbocycles. The maximum Gasteiger partial charge on any atom is 0.430 e. The second kappa shape index (κ2) is 9.00. The summed E-state index contributed by atoms with van der Waals surface area (Å²) in [6, 6.07) is 13.8. The number of hydrogen-bond acceptors (Lipinski definition) is 5. The average molecular weight is 415 g/mol. The fraction of sp³-hybridized carbons (Fsp3) is 0.294. The summed E-state index contributed by atoms with van der Waals surface area (Å²) < 4.78 is 34.7. The molecule has 0 aliphatic heterocycles. The first-order valence-corrected chi connectivity index (χ1v) is 10.3. The zero-order chi connectivity index (χ0) is 17.4. The fourth-order valence-corrected chi connectivity index (χ4v) is 4.32. The largest absolute Gasteiger partial charge is 0.497 e. The van der Waals surface area contributed by atoms with Crippen molar-refractivity contribution in [2.45, 2.75) is 6.42 Å². The van der Waals surface area contributed by atoms with E-state index < -0.39 is 7.60 Å². The van der Waals surface area contributed by atoms with Crippen LogP contribution in [0.4, 0.5) is 0 Å². The minimum absolute atomic E-state index is 0.302. The molecule has 0 aliphatic rings. The van der Waals surface area contributed by atoms with E-state index >= 15 is 0 Å². The molecule has 5 nitrogen and oxygen atoms in total. The molecule has 0 aliphatic carbocycles. The molecule has 0 saturated carbocycles. The van der Waals surface area contributed by atoms with Crippen LogP contribution in [0.15, 0.2) is 48.5 Å². The number of halogens is 1. The van der Waals surface area contributed by atoms with E-state index in [1.54, 1.807) is 62.8 Å². The predicted molar refractivity (Wildman–Crippen MR) is 98.1 cm³/mol. The Morgan fingerprint density at radius 2 is 1.17 bits per heavy atom. The van der Waals surface area contributed by atoms with Crippen LogP contribution in [-0.2, 0) is 4.57 Å². The van der Waals surface area contributed by atoms with Gasteiger partial charge >= 0.3 is 7.60 Å². The summed E-state index contributed by atoms with van der Waals surface area (Å²) in [5.41, 5.74) is 0. The van der Waals surface area contributed by atoms with Gasteiger partial charge in [-0.05, 0) is 55.0 Å². The van der Waals surface area contributed by atoms with Gasteiger partial charge in [0.2, 0.25) is 0 Å². The minimum Gasteiger partial charge on any atom is -0.497 e. The number of methoxy groups -OCH3 is 2. The van der Waals surface area contributed by atoms with E-state index in [1.165, 1.54) is 0 Å². The van der Waals surface area contributed by atoms with Crippen molar-refractivity contribution in [2.75, 3.05) is 25.7 Å². The van der Waals surface area contributed by atoms with Gasteiger partial charge in [0.05, 0.1) is 20.4 Å². The van der Waals surface area contributed by atoms with E-state index in [-0.39, 0.29) is 0 Å². The lowest BCUT2D eigenvalue weighted by Crippen LogP contribution is -2.06. The number of rotatable bonds is 9. The van der Waals surface area contributed by atoms with E-state index in [1.807, 2.05) is 0 Å². The van der Waals surface area contributed by atoms with Crippen LogP contribution in [0.25, 0.3) is 0 Å². The van der Waals surface area contributed by atoms with Crippen LogP contribution in [0, 0.1) is 0 Å². The van der Waals surface area contributed by atoms with Crippen molar-refractivity contribution < 1.29 is 23.1 Å². The second-order valence-electron chi connectivity index (χ2n) is 4.91. The van der Waals surface area contributed by atoms with Gasteiger partial charge in [0.25, 0.3) is 0 Å². The molecule has 0 unspecified atom stereocenters. The smallest absolute Gasteiger partial charge is 0.430 e. The van der Waals surface area contributed by atoms with Crippen molar-refractivity contribution in [2.24, 2.45) is 0 Å². The third-order valence-corrected chi connectivity index (χ3v) is 5.58. The molecule has 130 valence electrons. The summed E-state index contributed by atoms with van der Waals surface area (Å²) in [6.07, 6.45) is 0.972. The molecule has 0 fully saturated rings. The van der Waals surface area contributed by atoms with Crippen LogP contribution >= 0.6 is 23.5 Å². The van der Waals surface area contributed by atoms with E-state index in [9.17, 15) is 4.57 Å². The number of hydrogen-bond donors (Lipinski definition) is 0. The molecule has 7 heteroatoms. The monoisotopic (exact) mass is 414 g/mol. The molecule has 0 bridgehead atoms. The molecule has 24 heavy (non-hydrogen) atoms. The summed E-state index contributed by atoms with van der Waals surface area (Å²) in [5, 5.41) is 0.717. The molecule has 0 spiro atoms. The summed E-state index contributed by atoms with van der Waals surface area (Å²) >= 11 is 3.35. The SMILES string of the molecule is COc1ccc(OP(=O)(CCCBr)Oc2ccc(OC)cc2)cc1. The summed E-state index contributed by atoms with van der Waals surface area (Å²) in [4.78, 5) is 0. The van der Waals surface area contributed by atoms with E-state index in [0.717, 1.165) is 5.33 Å². The van der Waals surface area contributed by atoms with Crippen molar-refractivity contribution in [1.29, 1.82) is 0 Å². The van der Waals surface area contributed by atoms with Gasteiger partial charge < -0.3 is 18.5 Å². The molecule has 0 atom stereocenters. The first-order chi connectivity index (χ1) is 11.6. The lowest BCUT2D eigenvalue weighted by atomic mass is 10.3. The second-order valence-corrected chi connectivity index (χ2v) is 7.74. The van der Waals surface area contributed by atoms with Crippen LogP contribution in [0.1, 0.15) is 6.42 Å². The molecular weight excluding hydrogens is 395 g/mol. The van der Waals surface area contributed by atoms with Gasteiger partial charge in [0.1, 0.15) is 23.0 Å². The Morgan fingerprint density at radius 1 is 0.792 bits per heavy atom. The maximum absolute atomic E-state index is 13.1. The molecule has 0 heterocycles. The first kappa shape index (κ1) is 18.7.